The van der Waals surface area contributed by atoms with Crippen LogP contribution in [0.3, 0.4) is 0 Å². The average Bonchev–Trinajstić information content (AvgIpc) is 2.86. The molecular weight excluding hydrogens is 284 g/mol. The fraction of sp³-hybridized carbons (Fsp3) is 0.588. The van der Waals surface area contributed by atoms with Crippen LogP contribution in [0.1, 0.15) is 44.6 Å². The van der Waals surface area contributed by atoms with E-state index in [1.807, 2.05) is 6.07 Å². The molecule has 3 nitrogen and oxygen atoms in total. The Bertz CT molecular complexity index is 436. The number of carbonyl (C=O) groups excluding carboxylic acids is 1. The number of carbonyl (C=O) groups is 1. The van der Waals surface area contributed by atoms with Crippen molar-refractivity contribution in [3.63, 3.8) is 0 Å². The topological polar surface area (TPSA) is 55.1 Å². The molecule has 0 aromatic heterocycles. The fourth-order valence-electron chi connectivity index (χ4n) is 3.05. The zero-order valence-corrected chi connectivity index (χ0v) is 13.7. The molecule has 0 bridgehead atoms. The normalized spacial score (nSPS) is 22.7. The van der Waals surface area contributed by atoms with Gasteiger partial charge in [-0.2, -0.15) is 0 Å². The Kier molecular flexibility index (Phi) is 7.20. The largest absolute Gasteiger partial charge is 0.355 e. The number of nitrogens with one attached hydrogen (secondary N) is 1. The molecule has 0 radical (unpaired) electrons. The molecule has 3 unspecified atom stereocenters. The van der Waals surface area contributed by atoms with Crippen LogP contribution in [0.5, 0.6) is 0 Å². The van der Waals surface area contributed by atoms with Gasteiger partial charge in [0, 0.05) is 24.4 Å². The van der Waals surface area contributed by atoms with E-state index >= 15 is 0 Å². The van der Waals surface area contributed by atoms with Crippen LogP contribution in [-0.2, 0) is 4.79 Å². The molecule has 21 heavy (non-hydrogen) atoms. The number of halogens is 1. The van der Waals surface area contributed by atoms with Crippen molar-refractivity contribution in [2.45, 2.75) is 45.1 Å². The van der Waals surface area contributed by atoms with E-state index in [1.165, 1.54) is 5.56 Å². The number of rotatable bonds is 5. The van der Waals surface area contributed by atoms with Crippen molar-refractivity contribution in [2.24, 2.45) is 17.6 Å². The third-order valence-electron chi connectivity index (χ3n) is 4.37. The van der Waals surface area contributed by atoms with Crippen LogP contribution >= 0.6 is 12.4 Å². The molecule has 0 spiro atoms. The van der Waals surface area contributed by atoms with E-state index < -0.39 is 0 Å². The van der Waals surface area contributed by atoms with Gasteiger partial charge in [0.2, 0.25) is 5.91 Å². The summed E-state index contributed by atoms with van der Waals surface area (Å²) in [5.74, 6) is 1.17. The lowest BCUT2D eigenvalue weighted by atomic mass is 9.88. The second-order valence-electron chi connectivity index (χ2n) is 6.28. The Balaban J connectivity index is 0.00000220. The minimum atomic E-state index is 0. The van der Waals surface area contributed by atoms with Crippen LogP contribution in [0.4, 0.5) is 0 Å². The second kappa shape index (κ2) is 8.40. The van der Waals surface area contributed by atoms with Gasteiger partial charge in [0.05, 0.1) is 0 Å². The molecule has 1 aromatic rings. The van der Waals surface area contributed by atoms with Crippen molar-refractivity contribution in [1.82, 2.24) is 5.32 Å². The molecular formula is C17H27ClN2O. The van der Waals surface area contributed by atoms with Gasteiger partial charge in [0.25, 0.3) is 0 Å². The quantitative estimate of drug-likeness (QED) is 0.878. The molecule has 3 atom stereocenters. The molecule has 1 aliphatic carbocycles. The van der Waals surface area contributed by atoms with E-state index in [9.17, 15) is 4.79 Å². The maximum absolute atomic E-state index is 12.2. The predicted molar refractivity (Wildman–Crippen MR) is 89.6 cm³/mol. The Morgan fingerprint density at radius 2 is 1.95 bits per heavy atom. The van der Waals surface area contributed by atoms with Gasteiger partial charge in [0.15, 0.2) is 0 Å². The van der Waals surface area contributed by atoms with Crippen LogP contribution in [-0.4, -0.2) is 18.5 Å². The van der Waals surface area contributed by atoms with Crippen molar-refractivity contribution >= 4 is 18.3 Å². The lowest BCUT2D eigenvalue weighted by Gasteiger charge is -2.23. The molecule has 1 aliphatic rings. The molecule has 1 fully saturated rings. The summed E-state index contributed by atoms with van der Waals surface area (Å²) < 4.78 is 0. The lowest BCUT2D eigenvalue weighted by Crippen LogP contribution is -2.34. The Morgan fingerprint density at radius 3 is 2.48 bits per heavy atom. The zero-order valence-electron chi connectivity index (χ0n) is 12.9. The van der Waals surface area contributed by atoms with Crippen molar-refractivity contribution in [1.29, 1.82) is 0 Å². The number of benzene rings is 1. The molecule has 1 amide bonds. The third kappa shape index (κ3) is 5.01. The molecule has 1 saturated carbocycles. The van der Waals surface area contributed by atoms with Gasteiger partial charge in [0.1, 0.15) is 0 Å². The molecule has 0 saturated heterocycles. The maximum Gasteiger partial charge on any atom is 0.223 e. The molecule has 0 heterocycles. The SMILES string of the molecule is CC(C)C(CNC(=O)C1CCC(N)C1)c1ccccc1.Cl. The molecule has 4 heteroatoms. The van der Waals surface area contributed by atoms with Crippen LogP contribution in [0, 0.1) is 11.8 Å². The van der Waals surface area contributed by atoms with Crippen molar-refractivity contribution in [3.8, 4) is 0 Å². The van der Waals surface area contributed by atoms with Crippen LogP contribution in [0.2, 0.25) is 0 Å². The summed E-state index contributed by atoms with van der Waals surface area (Å²) in [6.07, 6.45) is 2.75. The van der Waals surface area contributed by atoms with Gasteiger partial charge in [-0.3, -0.25) is 4.79 Å². The van der Waals surface area contributed by atoms with Crippen molar-refractivity contribution < 1.29 is 4.79 Å². The van der Waals surface area contributed by atoms with E-state index in [0.717, 1.165) is 19.3 Å². The summed E-state index contributed by atoms with van der Waals surface area (Å²) in [7, 11) is 0. The smallest absolute Gasteiger partial charge is 0.223 e. The number of hydrogen-bond donors (Lipinski definition) is 2. The summed E-state index contributed by atoms with van der Waals surface area (Å²) >= 11 is 0. The minimum Gasteiger partial charge on any atom is -0.355 e. The molecule has 1 aromatic carbocycles. The molecule has 118 valence electrons. The van der Waals surface area contributed by atoms with Crippen LogP contribution in [0.25, 0.3) is 0 Å². The first-order chi connectivity index (χ1) is 9.58. The molecule has 0 aliphatic heterocycles. The standard InChI is InChI=1S/C17H26N2O.ClH/c1-12(2)16(13-6-4-3-5-7-13)11-19-17(20)14-8-9-15(18)10-14;/h3-7,12,14-16H,8-11,18H2,1-2H3,(H,19,20);1H. The van der Waals surface area contributed by atoms with Gasteiger partial charge >= 0.3 is 0 Å². The zero-order chi connectivity index (χ0) is 14.5. The highest BCUT2D eigenvalue weighted by atomic mass is 35.5. The van der Waals surface area contributed by atoms with Crippen LogP contribution < -0.4 is 11.1 Å². The number of nitrogens with two attached hydrogens (primary N) is 1. The van der Waals surface area contributed by atoms with Crippen molar-refractivity contribution in [3.05, 3.63) is 35.9 Å². The van der Waals surface area contributed by atoms with E-state index in [1.54, 1.807) is 0 Å². The first kappa shape index (κ1) is 18.0. The summed E-state index contributed by atoms with van der Waals surface area (Å²) in [6, 6.07) is 10.6. The Hall–Kier alpha value is -1.06. The summed E-state index contributed by atoms with van der Waals surface area (Å²) in [4.78, 5) is 12.2. The Morgan fingerprint density at radius 1 is 1.29 bits per heavy atom. The maximum atomic E-state index is 12.2. The first-order valence-electron chi connectivity index (χ1n) is 7.66. The van der Waals surface area contributed by atoms with Gasteiger partial charge < -0.3 is 11.1 Å². The van der Waals surface area contributed by atoms with Gasteiger partial charge in [-0.15, -0.1) is 12.4 Å². The molecule has 2 rings (SSSR count). The average molecular weight is 311 g/mol. The van der Waals surface area contributed by atoms with E-state index in [0.29, 0.717) is 18.4 Å². The van der Waals surface area contributed by atoms with Gasteiger partial charge in [-0.1, -0.05) is 44.2 Å². The third-order valence-corrected chi connectivity index (χ3v) is 4.37. The van der Waals surface area contributed by atoms with E-state index in [2.05, 4.69) is 43.4 Å². The number of amides is 1. The minimum absolute atomic E-state index is 0. The second-order valence-corrected chi connectivity index (χ2v) is 6.28. The summed E-state index contributed by atoms with van der Waals surface area (Å²) in [5, 5.41) is 3.13. The van der Waals surface area contributed by atoms with Gasteiger partial charge in [-0.05, 0) is 30.7 Å². The van der Waals surface area contributed by atoms with E-state index in [4.69, 9.17) is 5.73 Å². The van der Waals surface area contributed by atoms with Crippen LogP contribution in [0.15, 0.2) is 30.3 Å². The highest BCUT2D eigenvalue weighted by Gasteiger charge is 2.28. The monoisotopic (exact) mass is 310 g/mol. The fourth-order valence-corrected chi connectivity index (χ4v) is 3.05. The van der Waals surface area contributed by atoms with Gasteiger partial charge in [-0.25, -0.2) is 0 Å². The first-order valence-corrected chi connectivity index (χ1v) is 7.66. The summed E-state index contributed by atoms with van der Waals surface area (Å²) in [5.41, 5.74) is 7.18. The van der Waals surface area contributed by atoms with E-state index in [-0.39, 0.29) is 30.3 Å². The lowest BCUT2D eigenvalue weighted by molar-refractivity contribution is -0.124. The highest BCUT2D eigenvalue weighted by molar-refractivity contribution is 5.85. The molecule has 3 N–H and O–H groups in total. The summed E-state index contributed by atoms with van der Waals surface area (Å²) in [6.45, 7) is 5.12. The Labute approximate surface area is 134 Å². The number of hydrogen-bond acceptors (Lipinski definition) is 2. The highest BCUT2D eigenvalue weighted by Crippen LogP contribution is 2.26. The van der Waals surface area contributed by atoms with Crippen molar-refractivity contribution in [2.75, 3.05) is 6.54 Å². The predicted octanol–water partition coefficient (Wildman–Crippen LogP) is 3.09.